The van der Waals surface area contributed by atoms with E-state index < -0.39 is 5.92 Å². The van der Waals surface area contributed by atoms with E-state index in [4.69, 9.17) is 4.74 Å². The molecule has 2 aliphatic heterocycles. The van der Waals surface area contributed by atoms with Crippen molar-refractivity contribution in [1.29, 1.82) is 0 Å². The van der Waals surface area contributed by atoms with Gasteiger partial charge < -0.3 is 15.4 Å². The number of amides is 2. The maximum Gasteiger partial charge on any atom is 0.232 e. The topological polar surface area (TPSA) is 67.4 Å². The van der Waals surface area contributed by atoms with Crippen LogP contribution < -0.4 is 10.6 Å². The van der Waals surface area contributed by atoms with Gasteiger partial charge in [0.05, 0.1) is 0 Å². The standard InChI is InChI=1S/C15H26N2O3/c1-15(2,3)11-9-17-14(19)12(11)13(18)16-8-10-4-6-20-7-5-10/h10-12H,4-9H2,1-3H3,(H,16,18)(H,17,19). The van der Waals surface area contributed by atoms with Crippen molar-refractivity contribution >= 4 is 11.8 Å². The Morgan fingerprint density at radius 1 is 1.35 bits per heavy atom. The second-order valence-corrected chi connectivity index (χ2v) is 7.00. The van der Waals surface area contributed by atoms with E-state index in [1.807, 2.05) is 0 Å². The van der Waals surface area contributed by atoms with Gasteiger partial charge in [0.2, 0.25) is 11.8 Å². The second kappa shape index (κ2) is 6.12. The highest BCUT2D eigenvalue weighted by Gasteiger charge is 2.45. The molecular weight excluding hydrogens is 256 g/mol. The first-order valence-corrected chi connectivity index (χ1v) is 7.53. The van der Waals surface area contributed by atoms with Crippen molar-refractivity contribution in [1.82, 2.24) is 10.6 Å². The Kier molecular flexibility index (Phi) is 4.68. The maximum atomic E-state index is 12.4. The molecule has 2 heterocycles. The lowest BCUT2D eigenvalue weighted by molar-refractivity contribution is -0.135. The number of carbonyl (C=O) groups excluding carboxylic acids is 2. The minimum atomic E-state index is -0.546. The summed E-state index contributed by atoms with van der Waals surface area (Å²) in [5, 5.41) is 5.80. The van der Waals surface area contributed by atoms with Crippen molar-refractivity contribution in [2.45, 2.75) is 33.6 Å². The third kappa shape index (κ3) is 3.51. The largest absolute Gasteiger partial charge is 0.381 e. The second-order valence-electron chi connectivity index (χ2n) is 7.00. The van der Waals surface area contributed by atoms with Crippen molar-refractivity contribution in [3.8, 4) is 0 Å². The molecule has 5 heteroatoms. The van der Waals surface area contributed by atoms with Crippen LogP contribution in [0.25, 0.3) is 0 Å². The van der Waals surface area contributed by atoms with Gasteiger partial charge in [-0.3, -0.25) is 9.59 Å². The molecule has 2 fully saturated rings. The van der Waals surface area contributed by atoms with E-state index in [0.29, 0.717) is 19.0 Å². The normalized spacial score (nSPS) is 28.2. The minimum absolute atomic E-state index is 0.0557. The van der Waals surface area contributed by atoms with Crippen LogP contribution in [0.15, 0.2) is 0 Å². The highest BCUT2D eigenvalue weighted by atomic mass is 16.5. The summed E-state index contributed by atoms with van der Waals surface area (Å²) < 4.78 is 5.31. The molecule has 2 aliphatic rings. The van der Waals surface area contributed by atoms with E-state index in [1.165, 1.54) is 0 Å². The third-order valence-electron chi connectivity index (χ3n) is 4.48. The van der Waals surface area contributed by atoms with Crippen LogP contribution in [0, 0.1) is 23.2 Å². The molecular formula is C15H26N2O3. The van der Waals surface area contributed by atoms with E-state index in [1.54, 1.807) is 0 Å². The van der Waals surface area contributed by atoms with E-state index in [-0.39, 0.29) is 23.1 Å². The Morgan fingerprint density at radius 2 is 2.00 bits per heavy atom. The fourth-order valence-corrected chi connectivity index (χ4v) is 3.03. The first kappa shape index (κ1) is 15.3. The smallest absolute Gasteiger partial charge is 0.232 e. The highest BCUT2D eigenvalue weighted by molar-refractivity contribution is 6.02. The molecule has 5 nitrogen and oxygen atoms in total. The van der Waals surface area contributed by atoms with Gasteiger partial charge in [0.15, 0.2) is 0 Å². The zero-order valence-corrected chi connectivity index (χ0v) is 12.7. The molecule has 0 spiro atoms. The minimum Gasteiger partial charge on any atom is -0.381 e. The number of hydrogen-bond donors (Lipinski definition) is 2. The molecule has 2 amide bonds. The molecule has 2 atom stereocenters. The Labute approximate surface area is 120 Å². The van der Waals surface area contributed by atoms with E-state index in [0.717, 1.165) is 26.1 Å². The summed E-state index contributed by atoms with van der Waals surface area (Å²) in [6, 6.07) is 0. The zero-order chi connectivity index (χ0) is 14.8. The van der Waals surface area contributed by atoms with Crippen LogP contribution in [0.1, 0.15) is 33.6 Å². The van der Waals surface area contributed by atoms with Gasteiger partial charge in [0, 0.05) is 32.2 Å². The van der Waals surface area contributed by atoms with Gasteiger partial charge in [-0.2, -0.15) is 0 Å². The van der Waals surface area contributed by atoms with Crippen LogP contribution in [0.2, 0.25) is 0 Å². The lowest BCUT2D eigenvalue weighted by atomic mass is 9.74. The molecule has 2 unspecified atom stereocenters. The van der Waals surface area contributed by atoms with E-state index in [2.05, 4.69) is 31.4 Å². The number of hydrogen-bond acceptors (Lipinski definition) is 3. The van der Waals surface area contributed by atoms with Gasteiger partial charge >= 0.3 is 0 Å². The van der Waals surface area contributed by atoms with Gasteiger partial charge in [-0.05, 0) is 24.2 Å². The molecule has 0 aromatic heterocycles. The Morgan fingerprint density at radius 3 is 2.60 bits per heavy atom. The number of nitrogens with one attached hydrogen (secondary N) is 2. The molecule has 0 bridgehead atoms. The molecule has 2 saturated heterocycles. The Hall–Kier alpha value is -1.10. The van der Waals surface area contributed by atoms with E-state index >= 15 is 0 Å². The lowest BCUT2D eigenvalue weighted by Crippen LogP contribution is -2.43. The Bertz CT molecular complexity index is 370. The lowest BCUT2D eigenvalue weighted by Gasteiger charge is -2.30. The monoisotopic (exact) mass is 282 g/mol. The SMILES string of the molecule is CC(C)(C)C1CNC(=O)C1C(=O)NCC1CCOCC1. The van der Waals surface area contributed by atoms with Crippen LogP contribution in [0.3, 0.4) is 0 Å². The average molecular weight is 282 g/mol. The summed E-state index contributed by atoms with van der Waals surface area (Å²) >= 11 is 0. The average Bonchev–Trinajstić information content (AvgIpc) is 2.79. The van der Waals surface area contributed by atoms with Crippen molar-refractivity contribution < 1.29 is 14.3 Å². The fraction of sp³-hybridized carbons (Fsp3) is 0.867. The summed E-state index contributed by atoms with van der Waals surface area (Å²) in [6.07, 6.45) is 1.97. The molecule has 20 heavy (non-hydrogen) atoms. The molecule has 0 aromatic rings. The predicted molar refractivity (Wildman–Crippen MR) is 76.0 cm³/mol. The van der Waals surface area contributed by atoms with Crippen LogP contribution in [-0.2, 0) is 14.3 Å². The van der Waals surface area contributed by atoms with Gasteiger partial charge in [-0.1, -0.05) is 20.8 Å². The van der Waals surface area contributed by atoms with Crippen LogP contribution in [0.4, 0.5) is 0 Å². The number of carbonyl (C=O) groups is 2. The summed E-state index contributed by atoms with van der Waals surface area (Å²) in [7, 11) is 0. The van der Waals surface area contributed by atoms with Crippen LogP contribution in [-0.4, -0.2) is 38.1 Å². The highest BCUT2D eigenvalue weighted by Crippen LogP contribution is 2.35. The third-order valence-corrected chi connectivity index (χ3v) is 4.48. The van der Waals surface area contributed by atoms with Crippen LogP contribution in [0.5, 0.6) is 0 Å². The van der Waals surface area contributed by atoms with Crippen molar-refractivity contribution in [3.05, 3.63) is 0 Å². The summed E-state index contributed by atoms with van der Waals surface area (Å²) in [6.45, 7) is 9.04. The molecule has 0 aliphatic carbocycles. The summed E-state index contributed by atoms with van der Waals surface area (Å²) in [4.78, 5) is 24.3. The summed E-state index contributed by atoms with van der Waals surface area (Å²) in [5.74, 6) is -0.259. The van der Waals surface area contributed by atoms with Gasteiger partial charge in [-0.15, -0.1) is 0 Å². The quantitative estimate of drug-likeness (QED) is 0.757. The predicted octanol–water partition coefficient (Wildman–Crippen LogP) is 0.937. The van der Waals surface area contributed by atoms with E-state index in [9.17, 15) is 9.59 Å². The van der Waals surface area contributed by atoms with Crippen molar-refractivity contribution in [3.63, 3.8) is 0 Å². The summed E-state index contributed by atoms with van der Waals surface area (Å²) in [5.41, 5.74) is -0.0557. The number of rotatable bonds is 3. The molecule has 0 saturated carbocycles. The molecule has 2 N–H and O–H groups in total. The van der Waals surface area contributed by atoms with Gasteiger partial charge in [-0.25, -0.2) is 0 Å². The maximum absolute atomic E-state index is 12.4. The Balaban J connectivity index is 1.91. The van der Waals surface area contributed by atoms with Crippen molar-refractivity contribution in [2.75, 3.05) is 26.3 Å². The fourth-order valence-electron chi connectivity index (χ4n) is 3.03. The zero-order valence-electron chi connectivity index (χ0n) is 12.7. The molecule has 114 valence electrons. The van der Waals surface area contributed by atoms with Crippen LogP contribution >= 0.6 is 0 Å². The van der Waals surface area contributed by atoms with Gasteiger partial charge in [0.25, 0.3) is 0 Å². The first-order chi connectivity index (χ1) is 9.39. The molecule has 0 radical (unpaired) electrons. The van der Waals surface area contributed by atoms with Crippen molar-refractivity contribution in [2.24, 2.45) is 23.2 Å². The first-order valence-electron chi connectivity index (χ1n) is 7.53. The molecule has 2 rings (SSSR count). The molecule has 0 aromatic carbocycles. The number of ether oxygens (including phenoxy) is 1. The van der Waals surface area contributed by atoms with Gasteiger partial charge in [0.1, 0.15) is 5.92 Å².